The van der Waals surface area contributed by atoms with Crippen LogP contribution in [0, 0.1) is 0 Å². The molecule has 0 amide bonds. The van der Waals surface area contributed by atoms with Crippen molar-refractivity contribution in [3.05, 3.63) is 22.4 Å². The average molecular weight is 291 g/mol. The molecule has 1 rings (SSSR count). The van der Waals surface area contributed by atoms with E-state index in [2.05, 4.69) is 0 Å². The molecular weight excluding hydrogens is 274 g/mol. The van der Waals surface area contributed by atoms with E-state index < -0.39 is 16.0 Å². The van der Waals surface area contributed by atoms with Gasteiger partial charge >= 0.3 is 5.97 Å². The number of rotatable bonds is 8. The van der Waals surface area contributed by atoms with Crippen LogP contribution in [0.25, 0.3) is 0 Å². The molecule has 0 saturated heterocycles. The van der Waals surface area contributed by atoms with E-state index in [1.165, 1.54) is 15.6 Å². The van der Waals surface area contributed by atoms with Crippen LogP contribution in [0.5, 0.6) is 0 Å². The topological polar surface area (TPSA) is 74.7 Å². The van der Waals surface area contributed by atoms with E-state index in [-0.39, 0.29) is 18.6 Å². The molecule has 0 saturated carbocycles. The van der Waals surface area contributed by atoms with E-state index in [0.717, 1.165) is 4.88 Å². The summed E-state index contributed by atoms with van der Waals surface area (Å²) in [5.41, 5.74) is 0. The zero-order valence-electron chi connectivity index (χ0n) is 10.2. The Balaban J connectivity index is 2.59. The SMILES string of the molecule is CCN(Cc1cccs1)S(=O)(=O)CCCC(=O)O. The van der Waals surface area contributed by atoms with E-state index in [1.54, 1.807) is 6.92 Å². The summed E-state index contributed by atoms with van der Waals surface area (Å²) in [6.45, 7) is 2.54. The van der Waals surface area contributed by atoms with Gasteiger partial charge < -0.3 is 5.11 Å². The van der Waals surface area contributed by atoms with E-state index in [4.69, 9.17) is 5.11 Å². The highest BCUT2D eigenvalue weighted by Crippen LogP contribution is 2.15. The Kier molecular flexibility index (Phi) is 5.77. The molecule has 0 aromatic carbocycles. The van der Waals surface area contributed by atoms with Crippen molar-refractivity contribution < 1.29 is 18.3 Å². The number of hydrogen-bond acceptors (Lipinski definition) is 4. The lowest BCUT2D eigenvalue weighted by Crippen LogP contribution is -2.32. The molecule has 0 bridgehead atoms. The van der Waals surface area contributed by atoms with Crippen molar-refractivity contribution in [1.82, 2.24) is 4.31 Å². The summed E-state index contributed by atoms with van der Waals surface area (Å²) in [6, 6.07) is 3.77. The fraction of sp³-hybridized carbons (Fsp3) is 0.545. The highest BCUT2D eigenvalue weighted by atomic mass is 32.2. The summed E-state index contributed by atoms with van der Waals surface area (Å²) >= 11 is 1.51. The summed E-state index contributed by atoms with van der Waals surface area (Å²) in [4.78, 5) is 11.4. The molecule has 0 aliphatic rings. The fourth-order valence-electron chi connectivity index (χ4n) is 1.52. The van der Waals surface area contributed by atoms with Gasteiger partial charge in [-0.1, -0.05) is 13.0 Å². The molecule has 1 aromatic rings. The van der Waals surface area contributed by atoms with Crippen LogP contribution >= 0.6 is 11.3 Å². The van der Waals surface area contributed by atoms with Crippen molar-refractivity contribution in [2.24, 2.45) is 0 Å². The lowest BCUT2D eigenvalue weighted by molar-refractivity contribution is -0.137. The van der Waals surface area contributed by atoms with Crippen molar-refractivity contribution in [3.63, 3.8) is 0 Å². The third-order valence-corrected chi connectivity index (χ3v) is 5.29. The second-order valence-corrected chi connectivity index (χ2v) is 6.94. The third kappa shape index (κ3) is 4.75. The quantitative estimate of drug-likeness (QED) is 0.792. The molecule has 7 heteroatoms. The van der Waals surface area contributed by atoms with Crippen molar-refractivity contribution in [2.45, 2.75) is 26.3 Å². The largest absolute Gasteiger partial charge is 0.481 e. The number of carboxylic acid groups (broad SMARTS) is 1. The molecule has 1 N–H and O–H groups in total. The first kappa shape index (κ1) is 15.1. The molecule has 1 heterocycles. The second kappa shape index (κ2) is 6.86. The van der Waals surface area contributed by atoms with E-state index in [0.29, 0.717) is 13.1 Å². The summed E-state index contributed by atoms with van der Waals surface area (Å²) in [5.74, 6) is -1.08. The lowest BCUT2D eigenvalue weighted by Gasteiger charge is -2.19. The summed E-state index contributed by atoms with van der Waals surface area (Å²) < 4.78 is 25.4. The number of aliphatic carboxylic acids is 1. The number of thiophene rings is 1. The molecule has 0 atom stereocenters. The van der Waals surface area contributed by atoms with Crippen LogP contribution in [0.2, 0.25) is 0 Å². The number of sulfonamides is 1. The minimum atomic E-state index is -3.37. The summed E-state index contributed by atoms with van der Waals surface area (Å²) in [5, 5.41) is 10.4. The third-order valence-electron chi connectivity index (χ3n) is 2.45. The molecule has 0 aliphatic heterocycles. The molecule has 0 aliphatic carbocycles. The van der Waals surface area contributed by atoms with Crippen molar-refractivity contribution in [1.29, 1.82) is 0 Å². The molecule has 0 unspecified atom stereocenters. The van der Waals surface area contributed by atoms with Gasteiger partial charge in [0.25, 0.3) is 0 Å². The standard InChI is InChI=1S/C11H17NO4S2/c1-2-12(9-10-5-3-7-17-10)18(15,16)8-4-6-11(13)14/h3,5,7H,2,4,6,8-9H2,1H3,(H,13,14). The maximum atomic E-state index is 12.0. The van der Waals surface area contributed by atoms with Gasteiger partial charge in [-0.2, -0.15) is 4.31 Å². The fourth-order valence-corrected chi connectivity index (χ4v) is 3.82. The summed E-state index contributed by atoms with van der Waals surface area (Å²) in [6.07, 6.45) is 0.0361. The highest BCUT2D eigenvalue weighted by Gasteiger charge is 2.20. The Morgan fingerprint density at radius 3 is 2.72 bits per heavy atom. The van der Waals surface area contributed by atoms with Crippen molar-refractivity contribution in [2.75, 3.05) is 12.3 Å². The maximum Gasteiger partial charge on any atom is 0.303 e. The predicted octanol–water partition coefficient (Wildman–Crippen LogP) is 1.76. The minimum Gasteiger partial charge on any atom is -0.481 e. The lowest BCUT2D eigenvalue weighted by atomic mass is 10.3. The van der Waals surface area contributed by atoms with Crippen LogP contribution in [0.15, 0.2) is 17.5 Å². The van der Waals surface area contributed by atoms with Crippen LogP contribution in [0.4, 0.5) is 0 Å². The van der Waals surface area contributed by atoms with Crippen LogP contribution in [-0.2, 0) is 21.4 Å². The Labute approximate surface area is 111 Å². The predicted molar refractivity (Wildman–Crippen MR) is 71.1 cm³/mol. The van der Waals surface area contributed by atoms with Crippen LogP contribution < -0.4 is 0 Å². The summed E-state index contributed by atoms with van der Waals surface area (Å²) in [7, 11) is -3.37. The van der Waals surface area contributed by atoms with Crippen LogP contribution in [0.1, 0.15) is 24.6 Å². The van der Waals surface area contributed by atoms with Crippen LogP contribution in [0.3, 0.4) is 0 Å². The molecule has 18 heavy (non-hydrogen) atoms. The Morgan fingerprint density at radius 1 is 1.50 bits per heavy atom. The maximum absolute atomic E-state index is 12.0. The first-order valence-corrected chi connectivity index (χ1v) is 8.16. The molecule has 102 valence electrons. The van der Waals surface area contributed by atoms with Gasteiger partial charge in [0, 0.05) is 24.4 Å². The smallest absolute Gasteiger partial charge is 0.303 e. The first-order valence-electron chi connectivity index (χ1n) is 5.67. The molecule has 0 fully saturated rings. The van der Waals surface area contributed by atoms with Crippen LogP contribution in [-0.4, -0.2) is 36.1 Å². The molecule has 5 nitrogen and oxygen atoms in total. The Hall–Kier alpha value is -0.920. The normalized spacial score (nSPS) is 11.9. The van der Waals surface area contributed by atoms with Gasteiger partial charge in [0.1, 0.15) is 0 Å². The average Bonchev–Trinajstić information content (AvgIpc) is 2.77. The van der Waals surface area contributed by atoms with Gasteiger partial charge in [-0.05, 0) is 17.9 Å². The van der Waals surface area contributed by atoms with Gasteiger partial charge in [0.15, 0.2) is 0 Å². The Morgan fingerprint density at radius 2 is 2.22 bits per heavy atom. The molecule has 0 spiro atoms. The van der Waals surface area contributed by atoms with Gasteiger partial charge in [-0.25, -0.2) is 8.42 Å². The van der Waals surface area contributed by atoms with Gasteiger partial charge in [0.2, 0.25) is 10.0 Å². The number of carboxylic acids is 1. The zero-order valence-corrected chi connectivity index (χ0v) is 11.8. The van der Waals surface area contributed by atoms with Crippen molar-refractivity contribution in [3.8, 4) is 0 Å². The number of nitrogens with zero attached hydrogens (tertiary/aromatic N) is 1. The Bertz CT molecular complexity index is 467. The molecular formula is C11H17NO4S2. The number of carbonyl (C=O) groups is 1. The van der Waals surface area contributed by atoms with Crippen molar-refractivity contribution >= 4 is 27.3 Å². The van der Waals surface area contributed by atoms with E-state index in [9.17, 15) is 13.2 Å². The van der Waals surface area contributed by atoms with Gasteiger partial charge in [0.05, 0.1) is 5.75 Å². The van der Waals surface area contributed by atoms with E-state index >= 15 is 0 Å². The molecule has 1 aromatic heterocycles. The zero-order chi connectivity index (χ0) is 13.6. The molecule has 0 radical (unpaired) electrons. The highest BCUT2D eigenvalue weighted by molar-refractivity contribution is 7.89. The van der Waals surface area contributed by atoms with Gasteiger partial charge in [-0.3, -0.25) is 4.79 Å². The monoisotopic (exact) mass is 291 g/mol. The minimum absolute atomic E-state index is 0.113. The second-order valence-electron chi connectivity index (χ2n) is 3.82. The number of hydrogen-bond donors (Lipinski definition) is 1. The first-order chi connectivity index (χ1) is 8.45. The van der Waals surface area contributed by atoms with E-state index in [1.807, 2.05) is 17.5 Å². The van der Waals surface area contributed by atoms with Gasteiger partial charge in [-0.15, -0.1) is 11.3 Å².